The minimum Gasteiger partial charge on any atom is -0.265 e. The highest BCUT2D eigenvalue weighted by molar-refractivity contribution is 7.13. The van der Waals surface area contributed by atoms with E-state index in [1.54, 1.807) is 0 Å². The number of nitrogens with one attached hydrogen (secondary N) is 1. The number of hydrogen-bond donors (Lipinski definition) is 1. The average Bonchev–Trinajstić information content (AvgIpc) is 2.60. The van der Waals surface area contributed by atoms with Crippen LogP contribution in [0.4, 0.5) is 5.13 Å². The maximum absolute atomic E-state index is 3.50. The van der Waals surface area contributed by atoms with Crippen LogP contribution < -0.4 is 9.88 Å². The first kappa shape index (κ1) is 9.85. The van der Waals surface area contributed by atoms with E-state index < -0.39 is 0 Å². The van der Waals surface area contributed by atoms with Gasteiger partial charge in [-0.15, -0.1) is 0 Å². The topological polar surface area (TPSA) is 15.9 Å². The van der Waals surface area contributed by atoms with E-state index in [1.807, 2.05) is 11.3 Å². The van der Waals surface area contributed by atoms with Gasteiger partial charge in [0.05, 0.1) is 13.1 Å². The molecule has 1 aliphatic rings. The van der Waals surface area contributed by atoms with Crippen LogP contribution in [0.3, 0.4) is 0 Å². The molecule has 82 valence electrons. The second-order valence-corrected chi connectivity index (χ2v) is 4.94. The zero-order valence-electron chi connectivity index (χ0n) is 9.15. The number of nitrogens with zero attached hydrogens (tertiary/aromatic N) is 1. The molecule has 1 aliphatic heterocycles. The molecule has 1 N–H and O–H groups in total. The van der Waals surface area contributed by atoms with Crippen LogP contribution in [0.1, 0.15) is 12.8 Å². The fraction of sp³-hybridized carbons (Fsp3) is 0.308. The summed E-state index contributed by atoms with van der Waals surface area (Å²) in [6, 6.07) is 10.6. The lowest BCUT2D eigenvalue weighted by atomic mass is 10.2. The molecule has 0 bridgehead atoms. The Hall–Kier alpha value is -1.35. The van der Waals surface area contributed by atoms with Crippen LogP contribution in [0.5, 0.6) is 0 Å². The third-order valence-corrected chi connectivity index (χ3v) is 3.90. The number of aromatic nitrogens is 1. The van der Waals surface area contributed by atoms with Gasteiger partial charge in [0.15, 0.2) is 0 Å². The zero-order valence-corrected chi connectivity index (χ0v) is 9.96. The third-order valence-electron chi connectivity index (χ3n) is 2.97. The lowest BCUT2D eigenvalue weighted by molar-refractivity contribution is -0.667. The van der Waals surface area contributed by atoms with Crippen molar-refractivity contribution < 1.29 is 4.57 Å². The standard InChI is InChI=1S/C13H14N2S/c1-2-6-11(7-3-1)12-10-16-13-14-8-4-5-9-15(12)13/h1-3,6-7,10H,4-5,8-9H2/p+1. The van der Waals surface area contributed by atoms with Crippen molar-refractivity contribution in [3.05, 3.63) is 35.7 Å². The van der Waals surface area contributed by atoms with Crippen molar-refractivity contribution in [1.82, 2.24) is 0 Å². The SMILES string of the molecule is c1ccc(-c2csc3[n+]2CCCCN3)cc1. The molecule has 2 aromatic rings. The van der Waals surface area contributed by atoms with Crippen molar-refractivity contribution in [2.45, 2.75) is 19.4 Å². The van der Waals surface area contributed by atoms with Crippen LogP contribution in [-0.2, 0) is 6.54 Å². The van der Waals surface area contributed by atoms with Gasteiger partial charge in [-0.3, -0.25) is 5.32 Å². The van der Waals surface area contributed by atoms with Crippen molar-refractivity contribution in [3.8, 4) is 11.3 Å². The lowest BCUT2D eigenvalue weighted by Gasteiger charge is -2.01. The van der Waals surface area contributed by atoms with Crippen molar-refractivity contribution in [2.75, 3.05) is 11.9 Å². The molecular formula is C13H15N2S+. The van der Waals surface area contributed by atoms with E-state index in [4.69, 9.17) is 0 Å². The summed E-state index contributed by atoms with van der Waals surface area (Å²) < 4.78 is 2.41. The highest BCUT2D eigenvalue weighted by Gasteiger charge is 2.20. The van der Waals surface area contributed by atoms with Crippen molar-refractivity contribution in [2.24, 2.45) is 0 Å². The Bertz CT molecular complexity index is 476. The van der Waals surface area contributed by atoms with Crippen LogP contribution >= 0.6 is 11.3 Å². The molecule has 0 amide bonds. The summed E-state index contributed by atoms with van der Waals surface area (Å²) in [6.07, 6.45) is 2.53. The minimum atomic E-state index is 1.11. The molecule has 0 saturated heterocycles. The smallest absolute Gasteiger partial charge is 0.265 e. The lowest BCUT2D eigenvalue weighted by Crippen LogP contribution is -2.35. The van der Waals surface area contributed by atoms with Gasteiger partial charge in [0.2, 0.25) is 0 Å². The van der Waals surface area contributed by atoms with Crippen molar-refractivity contribution in [3.63, 3.8) is 0 Å². The van der Waals surface area contributed by atoms with Crippen LogP contribution in [0.25, 0.3) is 11.3 Å². The Kier molecular flexibility index (Phi) is 2.62. The molecule has 0 aliphatic carbocycles. The number of thiazole rings is 1. The summed E-state index contributed by atoms with van der Waals surface area (Å²) >= 11 is 1.81. The van der Waals surface area contributed by atoms with Crippen molar-refractivity contribution in [1.29, 1.82) is 0 Å². The van der Waals surface area contributed by atoms with Gasteiger partial charge >= 0.3 is 5.13 Å². The maximum Gasteiger partial charge on any atom is 0.334 e. The van der Waals surface area contributed by atoms with Gasteiger partial charge in [0.1, 0.15) is 5.69 Å². The molecular weight excluding hydrogens is 216 g/mol. The van der Waals surface area contributed by atoms with Crippen LogP contribution in [0.2, 0.25) is 0 Å². The molecule has 2 nitrogen and oxygen atoms in total. The van der Waals surface area contributed by atoms with E-state index in [-0.39, 0.29) is 0 Å². The first-order valence-corrected chi connectivity index (χ1v) is 6.64. The van der Waals surface area contributed by atoms with E-state index >= 15 is 0 Å². The number of fused-ring (bicyclic) bond motifs is 1. The summed E-state index contributed by atoms with van der Waals surface area (Å²) in [5, 5.41) is 7.05. The monoisotopic (exact) mass is 231 g/mol. The van der Waals surface area contributed by atoms with Crippen LogP contribution in [0.15, 0.2) is 35.7 Å². The molecule has 0 unspecified atom stereocenters. The Morgan fingerprint density at radius 3 is 2.88 bits per heavy atom. The molecule has 0 radical (unpaired) electrons. The van der Waals surface area contributed by atoms with Crippen LogP contribution in [0, 0.1) is 0 Å². The highest BCUT2D eigenvalue weighted by Crippen LogP contribution is 2.24. The predicted molar refractivity (Wildman–Crippen MR) is 67.7 cm³/mol. The van der Waals surface area contributed by atoms with E-state index in [2.05, 4.69) is 45.6 Å². The molecule has 0 saturated carbocycles. The second kappa shape index (κ2) is 4.26. The number of benzene rings is 1. The largest absolute Gasteiger partial charge is 0.334 e. The number of hydrogen-bond acceptors (Lipinski definition) is 2. The molecule has 1 aromatic heterocycles. The number of anilines is 1. The summed E-state index contributed by atoms with van der Waals surface area (Å²) in [7, 11) is 0. The summed E-state index contributed by atoms with van der Waals surface area (Å²) in [5.74, 6) is 0. The molecule has 0 fully saturated rings. The molecule has 0 spiro atoms. The molecule has 16 heavy (non-hydrogen) atoms. The van der Waals surface area contributed by atoms with Gasteiger partial charge in [-0.05, 0) is 12.8 Å². The van der Waals surface area contributed by atoms with Gasteiger partial charge in [-0.25, -0.2) is 4.57 Å². The van der Waals surface area contributed by atoms with E-state index in [1.165, 1.54) is 29.2 Å². The summed E-state index contributed by atoms with van der Waals surface area (Å²) in [6.45, 7) is 2.24. The fourth-order valence-electron chi connectivity index (χ4n) is 2.13. The average molecular weight is 231 g/mol. The Morgan fingerprint density at radius 1 is 1.12 bits per heavy atom. The second-order valence-electron chi connectivity index (χ2n) is 4.08. The first-order chi connectivity index (χ1) is 7.95. The summed E-state index contributed by atoms with van der Waals surface area (Å²) in [4.78, 5) is 0. The van der Waals surface area contributed by atoms with Crippen molar-refractivity contribution >= 4 is 16.5 Å². The van der Waals surface area contributed by atoms with E-state index in [0.717, 1.165) is 13.1 Å². The normalized spacial score (nSPS) is 15.0. The van der Waals surface area contributed by atoms with Gasteiger partial charge in [-0.1, -0.05) is 41.7 Å². The Morgan fingerprint density at radius 2 is 2.00 bits per heavy atom. The Labute approximate surface area is 99.6 Å². The first-order valence-electron chi connectivity index (χ1n) is 5.76. The van der Waals surface area contributed by atoms with Gasteiger partial charge in [0, 0.05) is 10.9 Å². The van der Waals surface area contributed by atoms with Gasteiger partial charge in [-0.2, -0.15) is 0 Å². The zero-order chi connectivity index (χ0) is 10.8. The Balaban J connectivity index is 2.06. The molecule has 1 aromatic carbocycles. The molecule has 2 heterocycles. The fourth-order valence-corrected chi connectivity index (χ4v) is 3.12. The van der Waals surface area contributed by atoms with E-state index in [0.29, 0.717) is 0 Å². The quantitative estimate of drug-likeness (QED) is 0.746. The molecule has 3 rings (SSSR count). The minimum absolute atomic E-state index is 1.11. The summed E-state index contributed by atoms with van der Waals surface area (Å²) in [5.41, 5.74) is 2.66. The number of rotatable bonds is 1. The van der Waals surface area contributed by atoms with Gasteiger partial charge < -0.3 is 0 Å². The predicted octanol–water partition coefficient (Wildman–Crippen LogP) is 2.91. The molecule has 3 heteroatoms. The van der Waals surface area contributed by atoms with Crippen LogP contribution in [-0.4, -0.2) is 6.54 Å². The van der Waals surface area contributed by atoms with E-state index in [9.17, 15) is 0 Å². The third kappa shape index (κ3) is 1.71. The highest BCUT2D eigenvalue weighted by atomic mass is 32.1. The van der Waals surface area contributed by atoms with Gasteiger partial charge in [0.25, 0.3) is 0 Å². The maximum atomic E-state index is 3.50. The molecule has 0 atom stereocenters.